The van der Waals surface area contributed by atoms with Gasteiger partial charge in [0.1, 0.15) is 23.9 Å². The number of rotatable bonds is 4. The number of ether oxygens (including phenoxy) is 2. The fourth-order valence-electron chi connectivity index (χ4n) is 3.33. The zero-order chi connectivity index (χ0) is 22.2. The molecule has 0 aliphatic carbocycles. The van der Waals surface area contributed by atoms with Gasteiger partial charge in [0, 0.05) is 30.3 Å². The first-order valence-corrected chi connectivity index (χ1v) is 9.48. The minimum absolute atomic E-state index is 0.0284. The van der Waals surface area contributed by atoms with Gasteiger partial charge in [0.15, 0.2) is 0 Å². The lowest BCUT2D eigenvalue weighted by Crippen LogP contribution is -2.34. The predicted octanol–water partition coefficient (Wildman–Crippen LogP) is 4.69. The molecule has 2 aromatic carbocycles. The monoisotopic (exact) mass is 437 g/mol. The van der Waals surface area contributed by atoms with Crippen LogP contribution in [-0.4, -0.2) is 34.8 Å². The maximum Gasteiger partial charge on any atom is 0.471 e. The molecule has 0 radical (unpaired) electrons. The average molecular weight is 437 g/mol. The number of aromatic nitrogens is 2. The van der Waals surface area contributed by atoms with E-state index in [0.29, 0.717) is 12.1 Å². The van der Waals surface area contributed by atoms with E-state index in [1.165, 1.54) is 6.07 Å². The predicted molar refractivity (Wildman–Crippen MR) is 102 cm³/mol. The molecule has 0 bridgehead atoms. The van der Waals surface area contributed by atoms with Crippen LogP contribution in [0.5, 0.6) is 11.5 Å². The summed E-state index contributed by atoms with van der Waals surface area (Å²) in [5, 5.41) is 3.32. The van der Waals surface area contributed by atoms with E-state index < -0.39 is 17.9 Å². The third kappa shape index (κ3) is 4.48. The SMILES string of the molecule is COc1ccc(CN2Cc3c(F)cc(-c4noc(C(F)(F)F)n4)cc3OC[C@@H]2C)cc1. The normalized spacial score (nSPS) is 17.0. The van der Waals surface area contributed by atoms with Gasteiger partial charge in [0.05, 0.1) is 7.11 Å². The first kappa shape index (κ1) is 21.1. The van der Waals surface area contributed by atoms with Crippen LogP contribution in [0, 0.1) is 5.82 Å². The molecule has 0 unspecified atom stereocenters. The van der Waals surface area contributed by atoms with E-state index in [0.717, 1.165) is 17.4 Å². The molecule has 4 rings (SSSR count). The van der Waals surface area contributed by atoms with Crippen molar-refractivity contribution in [3.05, 3.63) is 59.2 Å². The maximum atomic E-state index is 14.9. The number of alkyl halides is 3. The summed E-state index contributed by atoms with van der Waals surface area (Å²) in [4.78, 5) is 5.38. The molecule has 6 nitrogen and oxygen atoms in total. The van der Waals surface area contributed by atoms with E-state index in [1.807, 2.05) is 31.2 Å². The molecule has 1 aliphatic heterocycles. The molecule has 0 saturated carbocycles. The van der Waals surface area contributed by atoms with Crippen LogP contribution in [0.1, 0.15) is 23.9 Å². The summed E-state index contributed by atoms with van der Waals surface area (Å²) < 4.78 is 68.3. The average Bonchev–Trinajstić information content (AvgIpc) is 3.19. The largest absolute Gasteiger partial charge is 0.497 e. The fraction of sp³-hybridized carbons (Fsp3) is 0.333. The van der Waals surface area contributed by atoms with Crippen LogP contribution in [0.2, 0.25) is 0 Å². The molecular weight excluding hydrogens is 418 g/mol. The zero-order valence-corrected chi connectivity index (χ0v) is 16.7. The topological polar surface area (TPSA) is 60.6 Å². The highest BCUT2D eigenvalue weighted by Crippen LogP contribution is 2.34. The lowest BCUT2D eigenvalue weighted by molar-refractivity contribution is -0.159. The molecule has 1 atom stereocenters. The summed E-state index contributed by atoms with van der Waals surface area (Å²) in [6.45, 7) is 3.08. The first-order chi connectivity index (χ1) is 14.7. The highest BCUT2D eigenvalue weighted by molar-refractivity contribution is 5.59. The molecule has 0 N–H and O–H groups in total. The van der Waals surface area contributed by atoms with E-state index in [9.17, 15) is 17.6 Å². The molecule has 1 aliphatic rings. The molecule has 31 heavy (non-hydrogen) atoms. The van der Waals surface area contributed by atoms with Gasteiger partial charge in [0.2, 0.25) is 5.82 Å². The smallest absolute Gasteiger partial charge is 0.471 e. The minimum Gasteiger partial charge on any atom is -0.497 e. The van der Waals surface area contributed by atoms with Crippen molar-refractivity contribution >= 4 is 0 Å². The number of benzene rings is 2. The van der Waals surface area contributed by atoms with Gasteiger partial charge in [-0.15, -0.1) is 0 Å². The van der Waals surface area contributed by atoms with Crippen molar-refractivity contribution in [2.75, 3.05) is 13.7 Å². The molecular formula is C21H19F4N3O3. The van der Waals surface area contributed by atoms with Crippen LogP contribution < -0.4 is 9.47 Å². The summed E-state index contributed by atoms with van der Waals surface area (Å²) >= 11 is 0. The van der Waals surface area contributed by atoms with Gasteiger partial charge >= 0.3 is 12.1 Å². The first-order valence-electron chi connectivity index (χ1n) is 9.48. The van der Waals surface area contributed by atoms with Gasteiger partial charge in [0.25, 0.3) is 0 Å². The van der Waals surface area contributed by atoms with Gasteiger partial charge in [-0.25, -0.2) is 4.39 Å². The Kier molecular flexibility index (Phi) is 5.57. The van der Waals surface area contributed by atoms with Crippen LogP contribution in [0.4, 0.5) is 17.6 Å². The van der Waals surface area contributed by atoms with Crippen LogP contribution >= 0.6 is 0 Å². The second kappa shape index (κ2) is 8.18. The Morgan fingerprint density at radius 3 is 2.58 bits per heavy atom. The van der Waals surface area contributed by atoms with Crippen LogP contribution in [0.15, 0.2) is 40.9 Å². The van der Waals surface area contributed by atoms with E-state index in [-0.39, 0.29) is 36.3 Å². The summed E-state index contributed by atoms with van der Waals surface area (Å²) in [7, 11) is 1.59. The fourth-order valence-corrected chi connectivity index (χ4v) is 3.33. The standard InChI is InChI=1S/C21H19F4N3O3/c1-12-11-30-18-8-14(19-26-20(31-27-19)21(23,24)25)7-17(22)16(18)10-28(12)9-13-3-5-15(29-2)6-4-13/h3-8,12H,9-11H2,1-2H3/t12-/m0/s1. The highest BCUT2D eigenvalue weighted by atomic mass is 19.4. The third-order valence-electron chi connectivity index (χ3n) is 5.09. The summed E-state index contributed by atoms with van der Waals surface area (Å²) in [6, 6.07) is 10.1. The molecule has 164 valence electrons. The second-order valence-corrected chi connectivity index (χ2v) is 7.27. The number of halogens is 4. The van der Waals surface area contributed by atoms with Gasteiger partial charge in [-0.3, -0.25) is 4.90 Å². The van der Waals surface area contributed by atoms with E-state index >= 15 is 0 Å². The van der Waals surface area contributed by atoms with Gasteiger partial charge in [-0.1, -0.05) is 17.3 Å². The summed E-state index contributed by atoms with van der Waals surface area (Å²) in [5.41, 5.74) is 1.40. The molecule has 0 spiro atoms. The Morgan fingerprint density at radius 1 is 1.19 bits per heavy atom. The molecule has 0 saturated heterocycles. The zero-order valence-electron chi connectivity index (χ0n) is 16.7. The summed E-state index contributed by atoms with van der Waals surface area (Å²) in [5.74, 6) is -1.46. The van der Waals surface area contributed by atoms with Crippen molar-refractivity contribution in [1.29, 1.82) is 0 Å². The van der Waals surface area contributed by atoms with Crippen molar-refractivity contribution in [2.24, 2.45) is 0 Å². The number of fused-ring (bicyclic) bond motifs is 1. The van der Waals surface area contributed by atoms with Crippen molar-refractivity contribution in [2.45, 2.75) is 32.2 Å². The molecule has 10 heteroatoms. The van der Waals surface area contributed by atoms with Gasteiger partial charge in [-0.2, -0.15) is 18.2 Å². The molecule has 0 amide bonds. The molecule has 3 aromatic rings. The molecule has 1 aromatic heterocycles. The second-order valence-electron chi connectivity index (χ2n) is 7.27. The van der Waals surface area contributed by atoms with E-state index in [1.54, 1.807) is 7.11 Å². The lowest BCUT2D eigenvalue weighted by Gasteiger charge is -2.26. The Bertz CT molecular complexity index is 1070. The maximum absolute atomic E-state index is 14.9. The quantitative estimate of drug-likeness (QED) is 0.552. The van der Waals surface area contributed by atoms with Crippen LogP contribution in [0.3, 0.4) is 0 Å². The van der Waals surface area contributed by atoms with Crippen molar-refractivity contribution in [3.8, 4) is 22.9 Å². The number of methoxy groups -OCH3 is 1. The Labute approximate surface area is 175 Å². The summed E-state index contributed by atoms with van der Waals surface area (Å²) in [6.07, 6.45) is -4.77. The lowest BCUT2D eigenvalue weighted by atomic mass is 10.1. The van der Waals surface area contributed by atoms with Crippen molar-refractivity contribution < 1.29 is 31.6 Å². The number of hydrogen-bond acceptors (Lipinski definition) is 6. The van der Waals surface area contributed by atoms with E-state index in [4.69, 9.17) is 9.47 Å². The van der Waals surface area contributed by atoms with Crippen molar-refractivity contribution in [3.63, 3.8) is 0 Å². The highest BCUT2D eigenvalue weighted by Gasteiger charge is 2.38. The third-order valence-corrected chi connectivity index (χ3v) is 5.09. The van der Waals surface area contributed by atoms with Gasteiger partial charge < -0.3 is 14.0 Å². The minimum atomic E-state index is -4.77. The van der Waals surface area contributed by atoms with Crippen LogP contribution in [0.25, 0.3) is 11.4 Å². The number of hydrogen-bond donors (Lipinski definition) is 0. The molecule has 2 heterocycles. The number of nitrogens with zero attached hydrogens (tertiary/aromatic N) is 3. The van der Waals surface area contributed by atoms with Gasteiger partial charge in [-0.05, 0) is 36.8 Å². The van der Waals surface area contributed by atoms with Crippen molar-refractivity contribution in [1.82, 2.24) is 15.0 Å². The molecule has 0 fully saturated rings. The van der Waals surface area contributed by atoms with E-state index in [2.05, 4.69) is 19.6 Å². The Morgan fingerprint density at radius 2 is 1.94 bits per heavy atom. The van der Waals surface area contributed by atoms with Crippen LogP contribution in [-0.2, 0) is 19.3 Å². The Hall–Kier alpha value is -3.14. The Balaban J connectivity index is 1.60.